The summed E-state index contributed by atoms with van der Waals surface area (Å²) in [7, 11) is -2.21. The number of carbonyl (C=O) groups excluding carboxylic acids is 2. The second-order valence-electron chi connectivity index (χ2n) is 14.0. The van der Waals surface area contributed by atoms with Gasteiger partial charge in [0.15, 0.2) is 0 Å². The Morgan fingerprint density at radius 2 is 1.68 bits per heavy atom. The van der Waals surface area contributed by atoms with E-state index in [0.29, 0.717) is 17.7 Å². The summed E-state index contributed by atoms with van der Waals surface area (Å²) < 4.78 is 72.2. The van der Waals surface area contributed by atoms with E-state index in [1.807, 2.05) is 18.2 Å². The number of rotatable bonds is 5. The standard InChI is InChI=1S/C34H37F3N4O5S/c1-39-17-21-9-10-22(18-39)40(21)32(43)33-16-27(33)26-15-23(46-2)11-13-24(26)30-29(19-6-4-3-5-7-19)25-12-8-20(14-28(25)41(30)33)31(42)38-47(44,45)34(35,36)37/h8,11-15,19,21-22,27H,3-7,9-10,16-18H2,1-2H3,(H,38,42)/t21?,22?,27?,33-/m0/s1. The highest BCUT2D eigenvalue weighted by Crippen LogP contribution is 2.67. The summed E-state index contributed by atoms with van der Waals surface area (Å²) >= 11 is 0. The number of carbonyl (C=O) groups is 2. The number of hydrogen-bond donors (Lipinski definition) is 1. The van der Waals surface area contributed by atoms with Crippen molar-refractivity contribution in [1.82, 2.24) is 19.1 Å². The summed E-state index contributed by atoms with van der Waals surface area (Å²) in [5, 5.41) is 0.838. The van der Waals surface area contributed by atoms with E-state index >= 15 is 4.79 Å². The lowest BCUT2D eigenvalue weighted by molar-refractivity contribution is -0.142. The van der Waals surface area contributed by atoms with Gasteiger partial charge in [-0.05, 0) is 86.5 Å². The number of piperazine rings is 1. The Morgan fingerprint density at radius 1 is 0.979 bits per heavy atom. The predicted octanol–water partition coefficient (Wildman–Crippen LogP) is 5.45. The molecular weight excluding hydrogens is 633 g/mol. The fraction of sp³-hybridized carbons (Fsp3) is 0.529. The van der Waals surface area contributed by atoms with E-state index < -0.39 is 27.0 Å². The molecule has 0 spiro atoms. The molecule has 3 aliphatic heterocycles. The van der Waals surface area contributed by atoms with Gasteiger partial charge in [-0.1, -0.05) is 25.3 Å². The third-order valence-corrected chi connectivity index (χ3v) is 12.4. The number of benzene rings is 2. The molecule has 1 N–H and O–H groups in total. The molecule has 5 aliphatic rings. The Labute approximate surface area is 271 Å². The van der Waals surface area contributed by atoms with Crippen LogP contribution in [0.2, 0.25) is 0 Å². The van der Waals surface area contributed by atoms with Gasteiger partial charge in [0, 0.05) is 47.6 Å². The van der Waals surface area contributed by atoms with Crippen molar-refractivity contribution in [1.29, 1.82) is 0 Å². The van der Waals surface area contributed by atoms with Crippen LogP contribution in [-0.2, 0) is 20.4 Å². The summed E-state index contributed by atoms with van der Waals surface area (Å²) in [6.07, 6.45) is 7.55. The molecule has 8 rings (SSSR count). The zero-order chi connectivity index (χ0) is 33.0. The molecular formula is C34H37F3N4O5S. The number of sulfonamides is 1. The molecule has 2 bridgehead atoms. The van der Waals surface area contributed by atoms with Crippen LogP contribution < -0.4 is 9.46 Å². The van der Waals surface area contributed by atoms with Gasteiger partial charge in [-0.3, -0.25) is 9.59 Å². The number of alkyl halides is 3. The molecule has 4 heterocycles. The Morgan fingerprint density at radius 3 is 2.34 bits per heavy atom. The first kappa shape index (κ1) is 30.7. The summed E-state index contributed by atoms with van der Waals surface area (Å²) in [5.74, 6) is -0.607. The third kappa shape index (κ3) is 4.48. The van der Waals surface area contributed by atoms with Crippen molar-refractivity contribution in [3.05, 3.63) is 53.1 Å². The van der Waals surface area contributed by atoms with Crippen LogP contribution in [0.15, 0.2) is 36.4 Å². The van der Waals surface area contributed by atoms with Gasteiger partial charge >= 0.3 is 15.5 Å². The summed E-state index contributed by atoms with van der Waals surface area (Å²) in [4.78, 5) is 32.6. The van der Waals surface area contributed by atoms with Crippen molar-refractivity contribution in [2.75, 3.05) is 27.2 Å². The van der Waals surface area contributed by atoms with Crippen LogP contribution in [0.1, 0.15) is 84.7 Å². The fourth-order valence-electron chi connectivity index (χ4n) is 9.22. The van der Waals surface area contributed by atoms with Crippen molar-refractivity contribution >= 4 is 32.7 Å². The van der Waals surface area contributed by atoms with Crippen molar-refractivity contribution in [3.63, 3.8) is 0 Å². The van der Waals surface area contributed by atoms with Gasteiger partial charge in [-0.15, -0.1) is 0 Å². The predicted molar refractivity (Wildman–Crippen MR) is 169 cm³/mol. The first-order valence-corrected chi connectivity index (χ1v) is 17.9. The lowest BCUT2D eigenvalue weighted by Crippen LogP contribution is -2.58. The number of ether oxygens (including phenoxy) is 1. The molecule has 0 radical (unpaired) electrons. The number of hydrogen-bond acceptors (Lipinski definition) is 6. The van der Waals surface area contributed by atoms with Crippen LogP contribution in [-0.4, -0.2) is 79.4 Å². The fourth-order valence-corrected chi connectivity index (χ4v) is 9.69. The molecule has 3 aromatic rings. The largest absolute Gasteiger partial charge is 0.516 e. The Kier molecular flexibility index (Phi) is 6.84. The number of methoxy groups -OCH3 is 1. The second-order valence-corrected chi connectivity index (χ2v) is 15.7. The van der Waals surface area contributed by atoms with E-state index in [1.54, 1.807) is 13.2 Å². The smallest absolute Gasteiger partial charge is 0.497 e. The maximum Gasteiger partial charge on any atom is 0.516 e. The van der Waals surface area contributed by atoms with E-state index in [0.717, 1.165) is 85.8 Å². The molecule has 2 saturated carbocycles. The van der Waals surface area contributed by atoms with Crippen LogP contribution in [0.25, 0.3) is 22.2 Å². The summed E-state index contributed by atoms with van der Waals surface area (Å²) in [6.45, 7) is 1.58. The number of halogens is 3. The molecule has 1 aromatic heterocycles. The quantitative estimate of drug-likeness (QED) is 0.388. The molecule has 2 aromatic carbocycles. The zero-order valence-corrected chi connectivity index (χ0v) is 27.1. The van der Waals surface area contributed by atoms with Gasteiger partial charge in [0.2, 0.25) is 5.91 Å². The van der Waals surface area contributed by atoms with Crippen LogP contribution in [0, 0.1) is 0 Å². The summed E-state index contributed by atoms with van der Waals surface area (Å²) in [5.41, 5.74) is -2.25. The molecule has 4 fully saturated rings. The van der Waals surface area contributed by atoms with Crippen LogP contribution in [0.5, 0.6) is 5.75 Å². The van der Waals surface area contributed by atoms with Crippen molar-refractivity contribution in [2.24, 2.45) is 0 Å². The van der Waals surface area contributed by atoms with E-state index in [9.17, 15) is 26.4 Å². The van der Waals surface area contributed by atoms with E-state index in [4.69, 9.17) is 4.74 Å². The van der Waals surface area contributed by atoms with E-state index in [2.05, 4.69) is 21.4 Å². The number of likely N-dealkylation sites (N-methyl/N-ethyl adjacent to an activating group) is 1. The number of amides is 2. The lowest BCUT2D eigenvalue weighted by atomic mass is 9.80. The second kappa shape index (κ2) is 10.5. The molecule has 47 heavy (non-hydrogen) atoms. The normalized spacial score (nSPS) is 27.3. The van der Waals surface area contributed by atoms with Gasteiger partial charge in [0.25, 0.3) is 5.91 Å². The monoisotopic (exact) mass is 670 g/mol. The molecule has 2 saturated heterocycles. The van der Waals surface area contributed by atoms with Gasteiger partial charge in [-0.25, -0.2) is 4.72 Å². The van der Waals surface area contributed by atoms with Crippen molar-refractivity contribution < 1.29 is 35.9 Å². The lowest BCUT2D eigenvalue weighted by Gasteiger charge is -2.43. The highest BCUT2D eigenvalue weighted by Gasteiger charge is 2.68. The molecule has 3 unspecified atom stereocenters. The minimum Gasteiger partial charge on any atom is -0.497 e. The highest BCUT2D eigenvalue weighted by molar-refractivity contribution is 7.90. The number of nitrogens with one attached hydrogen (secondary N) is 1. The van der Waals surface area contributed by atoms with Crippen LogP contribution >= 0.6 is 0 Å². The summed E-state index contributed by atoms with van der Waals surface area (Å²) in [6, 6.07) is 10.7. The number of likely N-dealkylation sites (tertiary alicyclic amines) is 1. The van der Waals surface area contributed by atoms with Gasteiger partial charge in [0.05, 0.1) is 18.3 Å². The first-order chi connectivity index (χ1) is 22.4. The maximum absolute atomic E-state index is 15.1. The molecule has 250 valence electrons. The zero-order valence-electron chi connectivity index (χ0n) is 26.3. The maximum atomic E-state index is 15.1. The van der Waals surface area contributed by atoms with Crippen molar-refractivity contribution in [3.8, 4) is 17.0 Å². The van der Waals surface area contributed by atoms with E-state index in [1.165, 1.54) is 16.9 Å². The molecule has 9 nitrogen and oxygen atoms in total. The number of nitrogens with zero attached hydrogens (tertiary/aromatic N) is 3. The Hall–Kier alpha value is -3.58. The Bertz CT molecular complexity index is 1920. The highest BCUT2D eigenvalue weighted by atomic mass is 32.2. The molecule has 2 amide bonds. The molecule has 2 aliphatic carbocycles. The van der Waals surface area contributed by atoms with Crippen LogP contribution in [0.4, 0.5) is 13.2 Å². The average Bonchev–Trinajstić information content (AvgIpc) is 3.62. The average molecular weight is 671 g/mol. The molecule has 4 atom stereocenters. The van der Waals surface area contributed by atoms with E-state index in [-0.39, 0.29) is 35.4 Å². The van der Waals surface area contributed by atoms with Crippen LogP contribution in [0.3, 0.4) is 0 Å². The number of aromatic nitrogens is 1. The first-order valence-electron chi connectivity index (χ1n) is 16.4. The third-order valence-electron chi connectivity index (χ3n) is 11.3. The number of fused-ring (bicyclic) bond motifs is 10. The minimum absolute atomic E-state index is 0.0411. The van der Waals surface area contributed by atoms with Gasteiger partial charge < -0.3 is 19.1 Å². The van der Waals surface area contributed by atoms with Crippen molar-refractivity contribution in [2.45, 2.75) is 86.3 Å². The topological polar surface area (TPSA) is 101 Å². The minimum atomic E-state index is -5.91. The SMILES string of the molecule is COc1ccc2c(c1)C1C[C@]1(C(=O)N1C3CCC1CN(C)C3)n1c-2c(C2CCCCC2)c2ccc(C(=O)NS(=O)(=O)C(F)(F)F)cc21. The molecule has 13 heteroatoms. The van der Waals surface area contributed by atoms with Gasteiger partial charge in [0.1, 0.15) is 11.3 Å². The Balaban J connectivity index is 1.36. The van der Waals surface area contributed by atoms with Gasteiger partial charge in [-0.2, -0.15) is 21.6 Å².